The molecule has 4 N–H and O–H groups in total. The number of fused-ring (bicyclic) bond motifs is 2. The summed E-state index contributed by atoms with van der Waals surface area (Å²) in [6.45, 7) is 1.18. The van der Waals surface area contributed by atoms with Crippen LogP contribution >= 0.6 is 0 Å². The molecule has 0 aliphatic carbocycles. The number of rotatable bonds is 7. The fourth-order valence-corrected chi connectivity index (χ4v) is 3.65. The van der Waals surface area contributed by atoms with Crippen LogP contribution in [0.1, 0.15) is 6.92 Å². The summed E-state index contributed by atoms with van der Waals surface area (Å²) < 4.78 is 32.8. The predicted octanol–water partition coefficient (Wildman–Crippen LogP) is -2.52. The van der Waals surface area contributed by atoms with Crippen molar-refractivity contribution in [3.8, 4) is 0 Å². The van der Waals surface area contributed by atoms with Crippen LogP contribution in [-0.2, 0) is 33.2 Å². The van der Waals surface area contributed by atoms with Crippen molar-refractivity contribution >= 4 is 5.97 Å². The van der Waals surface area contributed by atoms with E-state index in [4.69, 9.17) is 33.5 Å². The molecular weight excluding hydrogens is 368 g/mol. The zero-order valence-electron chi connectivity index (χ0n) is 15.0. The normalized spacial score (nSPS) is 47.1. The first-order valence-corrected chi connectivity index (χ1v) is 8.78. The molecule has 3 fully saturated rings. The Bertz CT molecular complexity index is 517. The Morgan fingerprint density at radius 3 is 2.52 bits per heavy atom. The molecule has 3 rings (SSSR count). The molecule has 0 saturated carbocycles. The first kappa shape index (κ1) is 20.8. The number of carboxylic acids is 1. The van der Waals surface area contributed by atoms with Crippen LogP contribution in [0.3, 0.4) is 0 Å². The minimum absolute atomic E-state index is 0.232. The van der Waals surface area contributed by atoms with Crippen LogP contribution in [0.25, 0.3) is 0 Å². The van der Waals surface area contributed by atoms with Gasteiger partial charge in [-0.1, -0.05) is 0 Å². The van der Waals surface area contributed by atoms with Gasteiger partial charge in [0.1, 0.15) is 55.4 Å². The molecule has 0 aromatic heterocycles. The zero-order chi connectivity index (χ0) is 19.7. The van der Waals surface area contributed by atoms with E-state index in [0.717, 1.165) is 0 Å². The summed E-state index contributed by atoms with van der Waals surface area (Å²) >= 11 is 0. The van der Waals surface area contributed by atoms with Crippen LogP contribution < -0.4 is 0 Å². The monoisotopic (exact) mass is 394 g/mol. The van der Waals surface area contributed by atoms with E-state index in [1.54, 1.807) is 6.92 Å². The number of hydrogen-bond donors (Lipinski definition) is 4. The Morgan fingerprint density at radius 2 is 1.85 bits per heavy atom. The van der Waals surface area contributed by atoms with Crippen LogP contribution in [-0.4, -0.2) is 115 Å². The molecule has 27 heavy (non-hydrogen) atoms. The van der Waals surface area contributed by atoms with E-state index in [1.165, 1.54) is 7.11 Å². The lowest BCUT2D eigenvalue weighted by Gasteiger charge is -2.44. The highest BCUT2D eigenvalue weighted by Gasteiger charge is 2.54. The molecule has 3 aliphatic heterocycles. The van der Waals surface area contributed by atoms with Gasteiger partial charge in [-0.3, -0.25) is 0 Å². The van der Waals surface area contributed by atoms with E-state index < -0.39 is 73.8 Å². The Labute approximate surface area is 155 Å². The van der Waals surface area contributed by atoms with Crippen LogP contribution in [0.4, 0.5) is 0 Å². The number of aliphatic hydroxyl groups is 3. The highest BCUT2D eigenvalue weighted by molar-refractivity contribution is 5.67. The van der Waals surface area contributed by atoms with Crippen molar-refractivity contribution in [2.24, 2.45) is 0 Å². The lowest BCUT2D eigenvalue weighted by atomic mass is 9.97. The molecule has 11 nitrogen and oxygen atoms in total. The Morgan fingerprint density at radius 1 is 1.11 bits per heavy atom. The van der Waals surface area contributed by atoms with Gasteiger partial charge in [-0.25, -0.2) is 4.79 Å². The van der Waals surface area contributed by atoms with Crippen molar-refractivity contribution in [1.82, 2.24) is 0 Å². The standard InChI is InChI=1S/C16H26O11/c1-6-10(19)15-13(8(25-6)4-24-15)27-16-12(21)14(22-2)11(20)7(26-16)3-23-5-9(17)18/h6-8,10-16,19-21H,3-5H2,1-2H3,(H,17,18)/t6?,7-,8?,10-,11+,12-,13?,14+,15+,16?/m1/s1. The number of ether oxygens (including phenoxy) is 6. The SMILES string of the molecule is CO[C@H]1[C@@H](O)[C@@H](COCC(=O)O)OC(OC2C3CO[C@H]2[C@H](O)C(C)O3)[C@@H]1O. The highest BCUT2D eigenvalue weighted by Crippen LogP contribution is 2.34. The van der Waals surface area contributed by atoms with Crippen molar-refractivity contribution in [3.63, 3.8) is 0 Å². The van der Waals surface area contributed by atoms with Crippen molar-refractivity contribution in [1.29, 1.82) is 0 Å². The van der Waals surface area contributed by atoms with Gasteiger partial charge in [0.25, 0.3) is 0 Å². The molecule has 4 unspecified atom stereocenters. The Hall–Kier alpha value is -0.890. The van der Waals surface area contributed by atoms with Crippen LogP contribution in [0.15, 0.2) is 0 Å². The molecule has 2 bridgehead atoms. The summed E-state index contributed by atoms with van der Waals surface area (Å²) in [7, 11) is 1.32. The Kier molecular flexibility index (Phi) is 6.66. The third-order valence-corrected chi connectivity index (χ3v) is 5.06. The molecule has 3 heterocycles. The van der Waals surface area contributed by atoms with Gasteiger partial charge in [-0.05, 0) is 6.92 Å². The van der Waals surface area contributed by atoms with E-state index >= 15 is 0 Å². The van der Waals surface area contributed by atoms with Gasteiger partial charge in [0.05, 0.1) is 19.3 Å². The van der Waals surface area contributed by atoms with Crippen LogP contribution in [0, 0.1) is 0 Å². The number of carboxylic acid groups (broad SMARTS) is 1. The molecule has 0 amide bonds. The van der Waals surface area contributed by atoms with Crippen molar-refractivity contribution < 1.29 is 53.6 Å². The molecule has 3 aliphatic rings. The molecule has 0 aromatic carbocycles. The predicted molar refractivity (Wildman–Crippen MR) is 84.9 cm³/mol. The number of aliphatic hydroxyl groups excluding tert-OH is 3. The fourth-order valence-electron chi connectivity index (χ4n) is 3.65. The van der Waals surface area contributed by atoms with Gasteiger partial charge >= 0.3 is 5.97 Å². The van der Waals surface area contributed by atoms with Crippen molar-refractivity contribution in [2.75, 3.05) is 26.9 Å². The highest BCUT2D eigenvalue weighted by atomic mass is 16.7. The average molecular weight is 394 g/mol. The zero-order valence-corrected chi connectivity index (χ0v) is 15.0. The average Bonchev–Trinajstić information content (AvgIpc) is 2.93. The molecule has 0 aromatic rings. The molecule has 0 spiro atoms. The van der Waals surface area contributed by atoms with E-state index in [1.807, 2.05) is 0 Å². The molecule has 11 heteroatoms. The lowest BCUT2D eigenvalue weighted by molar-refractivity contribution is -0.331. The van der Waals surface area contributed by atoms with E-state index in [2.05, 4.69) is 0 Å². The van der Waals surface area contributed by atoms with E-state index in [9.17, 15) is 20.1 Å². The maximum absolute atomic E-state index is 10.6. The van der Waals surface area contributed by atoms with Gasteiger partial charge in [0, 0.05) is 7.11 Å². The largest absolute Gasteiger partial charge is 0.480 e. The van der Waals surface area contributed by atoms with Crippen LogP contribution in [0.5, 0.6) is 0 Å². The minimum Gasteiger partial charge on any atom is -0.480 e. The van der Waals surface area contributed by atoms with Gasteiger partial charge < -0.3 is 48.8 Å². The minimum atomic E-state index is -1.32. The number of carbonyl (C=O) groups is 1. The lowest BCUT2D eigenvalue weighted by Crippen LogP contribution is -2.62. The third-order valence-electron chi connectivity index (χ3n) is 5.06. The van der Waals surface area contributed by atoms with Gasteiger partial charge in [-0.2, -0.15) is 0 Å². The number of methoxy groups -OCH3 is 1. The van der Waals surface area contributed by atoms with Gasteiger partial charge in [-0.15, -0.1) is 0 Å². The van der Waals surface area contributed by atoms with Crippen LogP contribution in [0.2, 0.25) is 0 Å². The molecular formula is C16H26O11. The second-order valence-corrected chi connectivity index (χ2v) is 6.90. The van der Waals surface area contributed by atoms with Crippen molar-refractivity contribution in [3.05, 3.63) is 0 Å². The quantitative estimate of drug-likeness (QED) is 0.362. The fraction of sp³-hybridized carbons (Fsp3) is 0.938. The van der Waals surface area contributed by atoms with Crippen molar-refractivity contribution in [2.45, 2.75) is 68.1 Å². The Balaban J connectivity index is 1.67. The summed E-state index contributed by atoms with van der Waals surface area (Å²) in [6.07, 6.45) is -8.84. The van der Waals surface area contributed by atoms with Gasteiger partial charge in [0.15, 0.2) is 6.29 Å². The summed E-state index contributed by atoms with van der Waals surface area (Å²) in [6, 6.07) is 0. The number of hydrogen-bond acceptors (Lipinski definition) is 10. The summed E-state index contributed by atoms with van der Waals surface area (Å²) in [5.74, 6) is -1.16. The first-order valence-electron chi connectivity index (χ1n) is 8.78. The number of aliphatic carboxylic acids is 1. The summed E-state index contributed by atoms with van der Waals surface area (Å²) in [4.78, 5) is 10.6. The van der Waals surface area contributed by atoms with Gasteiger partial charge in [0.2, 0.25) is 0 Å². The second kappa shape index (κ2) is 8.64. The maximum Gasteiger partial charge on any atom is 0.329 e. The first-order chi connectivity index (χ1) is 12.8. The molecule has 0 radical (unpaired) electrons. The third kappa shape index (κ3) is 4.26. The topological polar surface area (TPSA) is 153 Å². The molecule has 3 saturated heterocycles. The van der Waals surface area contributed by atoms with E-state index in [-0.39, 0.29) is 13.2 Å². The summed E-state index contributed by atoms with van der Waals surface area (Å²) in [5.41, 5.74) is 0. The summed E-state index contributed by atoms with van der Waals surface area (Å²) in [5, 5.41) is 39.6. The smallest absolute Gasteiger partial charge is 0.329 e. The molecule has 10 atom stereocenters. The maximum atomic E-state index is 10.6. The van der Waals surface area contributed by atoms with E-state index in [0.29, 0.717) is 0 Å². The second-order valence-electron chi connectivity index (χ2n) is 6.90. The molecule has 156 valence electrons.